The minimum absolute atomic E-state index is 0.0426. The van der Waals surface area contributed by atoms with E-state index >= 15 is 0 Å². The molecule has 0 bridgehead atoms. The minimum Gasteiger partial charge on any atom is -0.497 e. The molecule has 4 heteroatoms. The van der Waals surface area contributed by atoms with E-state index in [0.29, 0.717) is 12.1 Å². The molecule has 1 unspecified atom stereocenters. The quantitative estimate of drug-likeness (QED) is 0.875. The summed E-state index contributed by atoms with van der Waals surface area (Å²) in [5, 5.41) is 3.11. The van der Waals surface area contributed by atoms with Gasteiger partial charge in [-0.15, -0.1) is 0 Å². The Balaban J connectivity index is 1.69. The van der Waals surface area contributed by atoms with Crippen molar-refractivity contribution in [3.63, 3.8) is 0 Å². The first-order valence-corrected chi connectivity index (χ1v) is 8.90. The van der Waals surface area contributed by atoms with E-state index < -0.39 is 0 Å². The predicted octanol–water partition coefficient (Wildman–Crippen LogP) is 3.57. The zero-order valence-electron chi connectivity index (χ0n) is 15.0. The van der Waals surface area contributed by atoms with E-state index in [-0.39, 0.29) is 11.9 Å². The van der Waals surface area contributed by atoms with Crippen molar-refractivity contribution >= 4 is 5.91 Å². The van der Waals surface area contributed by atoms with E-state index in [1.165, 1.54) is 24.0 Å². The molecule has 1 N–H and O–H groups in total. The molecule has 0 radical (unpaired) electrons. The van der Waals surface area contributed by atoms with Crippen LogP contribution in [0.25, 0.3) is 0 Å². The number of ether oxygens (including phenoxy) is 1. The van der Waals surface area contributed by atoms with Gasteiger partial charge in [0.2, 0.25) is 0 Å². The number of rotatable bonds is 6. The standard InChI is InChI=1S/C21H26N2O2/c1-16-5-7-17(8-6-16)20(23-13-3-4-14-23)15-22-21(24)18-9-11-19(25-2)12-10-18/h5-12,20H,3-4,13-15H2,1-2H3,(H,22,24). The summed E-state index contributed by atoms with van der Waals surface area (Å²) in [6, 6.07) is 16.1. The lowest BCUT2D eigenvalue weighted by Gasteiger charge is -2.28. The lowest BCUT2D eigenvalue weighted by atomic mass is 10.0. The molecular formula is C21H26N2O2. The number of likely N-dealkylation sites (tertiary alicyclic amines) is 1. The summed E-state index contributed by atoms with van der Waals surface area (Å²) in [5.74, 6) is 0.713. The monoisotopic (exact) mass is 338 g/mol. The molecule has 0 spiro atoms. The maximum atomic E-state index is 12.5. The molecule has 3 rings (SSSR count). The Morgan fingerprint density at radius 3 is 2.32 bits per heavy atom. The summed E-state index contributed by atoms with van der Waals surface area (Å²) in [7, 11) is 1.62. The number of hydrogen-bond acceptors (Lipinski definition) is 3. The minimum atomic E-state index is -0.0426. The van der Waals surface area contributed by atoms with Crippen molar-refractivity contribution in [2.45, 2.75) is 25.8 Å². The topological polar surface area (TPSA) is 41.6 Å². The molecule has 1 aliphatic heterocycles. The number of nitrogens with zero attached hydrogens (tertiary/aromatic N) is 1. The maximum absolute atomic E-state index is 12.5. The highest BCUT2D eigenvalue weighted by Gasteiger charge is 2.24. The van der Waals surface area contributed by atoms with E-state index in [1.54, 1.807) is 19.2 Å². The number of aryl methyl sites for hydroxylation is 1. The second-order valence-corrected chi connectivity index (χ2v) is 6.61. The second-order valence-electron chi connectivity index (χ2n) is 6.61. The van der Waals surface area contributed by atoms with Gasteiger partial charge >= 0.3 is 0 Å². The highest BCUT2D eigenvalue weighted by Crippen LogP contribution is 2.25. The van der Waals surface area contributed by atoms with E-state index in [9.17, 15) is 4.79 Å². The fourth-order valence-corrected chi connectivity index (χ4v) is 3.33. The molecule has 1 amide bonds. The van der Waals surface area contributed by atoms with Crippen LogP contribution in [0.2, 0.25) is 0 Å². The molecule has 0 aromatic heterocycles. The van der Waals surface area contributed by atoms with Gasteiger partial charge in [-0.3, -0.25) is 9.69 Å². The van der Waals surface area contributed by atoms with E-state index in [4.69, 9.17) is 4.74 Å². The largest absolute Gasteiger partial charge is 0.497 e. The molecule has 0 aliphatic carbocycles. The first-order chi connectivity index (χ1) is 12.2. The third kappa shape index (κ3) is 4.40. The van der Waals surface area contributed by atoms with Crippen molar-refractivity contribution in [2.24, 2.45) is 0 Å². The van der Waals surface area contributed by atoms with Gasteiger partial charge in [0.15, 0.2) is 0 Å². The highest BCUT2D eigenvalue weighted by molar-refractivity contribution is 5.94. The van der Waals surface area contributed by atoms with Crippen molar-refractivity contribution in [1.29, 1.82) is 0 Å². The molecule has 4 nitrogen and oxygen atoms in total. The van der Waals surface area contributed by atoms with Crippen LogP contribution < -0.4 is 10.1 Å². The van der Waals surface area contributed by atoms with Gasteiger partial charge in [-0.2, -0.15) is 0 Å². The van der Waals surface area contributed by atoms with E-state index in [0.717, 1.165) is 18.8 Å². The number of hydrogen-bond donors (Lipinski definition) is 1. The third-order valence-electron chi connectivity index (χ3n) is 4.85. The first kappa shape index (κ1) is 17.5. The number of nitrogens with one attached hydrogen (secondary N) is 1. The van der Waals surface area contributed by atoms with Crippen molar-refractivity contribution in [3.8, 4) is 5.75 Å². The van der Waals surface area contributed by atoms with Gasteiger partial charge in [-0.25, -0.2) is 0 Å². The molecule has 2 aromatic rings. The average molecular weight is 338 g/mol. The van der Waals surface area contributed by atoms with Gasteiger partial charge in [-0.05, 0) is 62.7 Å². The third-order valence-corrected chi connectivity index (χ3v) is 4.85. The molecule has 1 heterocycles. The number of carbonyl (C=O) groups is 1. The summed E-state index contributed by atoms with van der Waals surface area (Å²) in [6.45, 7) is 4.90. The molecule has 25 heavy (non-hydrogen) atoms. The van der Waals surface area contributed by atoms with Gasteiger partial charge in [0, 0.05) is 12.1 Å². The normalized spacial score (nSPS) is 15.8. The van der Waals surface area contributed by atoms with Crippen LogP contribution in [-0.4, -0.2) is 37.6 Å². The maximum Gasteiger partial charge on any atom is 0.251 e. The number of carbonyl (C=O) groups excluding carboxylic acids is 1. The lowest BCUT2D eigenvalue weighted by molar-refractivity contribution is 0.0938. The van der Waals surface area contributed by atoms with Crippen LogP contribution in [0.15, 0.2) is 48.5 Å². The van der Waals surface area contributed by atoms with Crippen LogP contribution in [0.1, 0.15) is 40.4 Å². The fourth-order valence-electron chi connectivity index (χ4n) is 3.33. The summed E-state index contributed by atoms with van der Waals surface area (Å²) < 4.78 is 5.14. The van der Waals surface area contributed by atoms with Gasteiger partial charge in [0.25, 0.3) is 5.91 Å². The number of benzene rings is 2. The van der Waals surface area contributed by atoms with Gasteiger partial charge in [0.1, 0.15) is 5.75 Å². The molecule has 1 fully saturated rings. The van der Waals surface area contributed by atoms with Crippen LogP contribution >= 0.6 is 0 Å². The average Bonchev–Trinajstić information content (AvgIpc) is 3.17. The number of amides is 1. The second kappa shape index (κ2) is 8.17. The summed E-state index contributed by atoms with van der Waals surface area (Å²) >= 11 is 0. The summed E-state index contributed by atoms with van der Waals surface area (Å²) in [4.78, 5) is 14.9. The Morgan fingerprint density at radius 2 is 1.72 bits per heavy atom. The molecule has 1 saturated heterocycles. The van der Waals surface area contributed by atoms with Crippen LogP contribution in [-0.2, 0) is 0 Å². The molecule has 1 aliphatic rings. The van der Waals surface area contributed by atoms with E-state index in [2.05, 4.69) is 41.4 Å². The fraction of sp³-hybridized carbons (Fsp3) is 0.381. The van der Waals surface area contributed by atoms with Gasteiger partial charge in [-0.1, -0.05) is 29.8 Å². The highest BCUT2D eigenvalue weighted by atomic mass is 16.5. The Bertz CT molecular complexity index is 689. The van der Waals surface area contributed by atoms with E-state index in [1.807, 2.05) is 12.1 Å². The van der Waals surface area contributed by atoms with Gasteiger partial charge in [0.05, 0.1) is 13.2 Å². The zero-order valence-corrected chi connectivity index (χ0v) is 15.0. The molecule has 0 saturated carbocycles. The van der Waals surface area contributed by atoms with Crippen LogP contribution in [0.3, 0.4) is 0 Å². The zero-order chi connectivity index (χ0) is 17.6. The first-order valence-electron chi connectivity index (χ1n) is 8.90. The van der Waals surface area contributed by atoms with Crippen molar-refractivity contribution in [3.05, 3.63) is 65.2 Å². The van der Waals surface area contributed by atoms with Crippen molar-refractivity contribution < 1.29 is 9.53 Å². The number of methoxy groups -OCH3 is 1. The van der Waals surface area contributed by atoms with Crippen LogP contribution in [0.4, 0.5) is 0 Å². The Hall–Kier alpha value is -2.33. The van der Waals surface area contributed by atoms with Gasteiger partial charge < -0.3 is 10.1 Å². The SMILES string of the molecule is COc1ccc(C(=O)NCC(c2ccc(C)cc2)N2CCCC2)cc1. The smallest absolute Gasteiger partial charge is 0.251 e. The summed E-state index contributed by atoms with van der Waals surface area (Å²) in [6.07, 6.45) is 2.46. The Labute approximate surface area is 149 Å². The molecule has 132 valence electrons. The molecule has 2 aromatic carbocycles. The molecule has 1 atom stereocenters. The van der Waals surface area contributed by atoms with Crippen LogP contribution in [0.5, 0.6) is 5.75 Å². The van der Waals surface area contributed by atoms with Crippen molar-refractivity contribution in [2.75, 3.05) is 26.7 Å². The lowest BCUT2D eigenvalue weighted by Crippen LogP contribution is -2.36. The predicted molar refractivity (Wildman–Crippen MR) is 100 cm³/mol. The summed E-state index contributed by atoms with van der Waals surface area (Å²) in [5.41, 5.74) is 3.18. The Morgan fingerprint density at radius 1 is 1.08 bits per heavy atom. The van der Waals surface area contributed by atoms with Crippen molar-refractivity contribution in [1.82, 2.24) is 10.2 Å². The Kier molecular flexibility index (Phi) is 5.71. The molecular weight excluding hydrogens is 312 g/mol. The van der Waals surface area contributed by atoms with Crippen LogP contribution in [0, 0.1) is 6.92 Å².